The molecule has 0 aliphatic rings. The number of rotatable bonds is 4. The smallest absolute Gasteiger partial charge is 0.406 e. The van der Waals surface area contributed by atoms with Gasteiger partial charge in [0.25, 0.3) is 0 Å². The molecule has 86 valence electrons. The first-order valence-corrected chi connectivity index (χ1v) is 5.14. The molecule has 0 spiro atoms. The summed E-state index contributed by atoms with van der Waals surface area (Å²) in [5.74, 6) is 0.689. The van der Waals surface area contributed by atoms with Crippen LogP contribution in [0.4, 0.5) is 5.82 Å². The van der Waals surface area contributed by atoms with Gasteiger partial charge in [0.05, 0.1) is 0 Å². The third kappa shape index (κ3) is 2.82. The molecule has 1 rings (SSSR count). The van der Waals surface area contributed by atoms with Gasteiger partial charge in [-0.3, -0.25) is 4.98 Å². The van der Waals surface area contributed by atoms with Gasteiger partial charge >= 0.3 is 5.76 Å². The molecule has 0 radical (unpaired) electrons. The Morgan fingerprint density at radius 1 is 1.56 bits per heavy atom. The highest BCUT2D eigenvalue weighted by Gasteiger charge is 2.08. The highest BCUT2D eigenvalue weighted by Crippen LogP contribution is 2.21. The van der Waals surface area contributed by atoms with Crippen molar-refractivity contribution in [3.05, 3.63) is 34.5 Å². The van der Waals surface area contributed by atoms with E-state index in [1.807, 2.05) is 13.8 Å². The van der Waals surface area contributed by atoms with Gasteiger partial charge in [-0.15, -0.1) is 0 Å². The molecule has 1 aromatic heterocycles. The van der Waals surface area contributed by atoms with Crippen LogP contribution in [0.3, 0.4) is 0 Å². The Kier molecular flexibility index (Phi) is 4.05. The van der Waals surface area contributed by atoms with Crippen LogP contribution in [-0.2, 0) is 0 Å². The summed E-state index contributed by atoms with van der Waals surface area (Å²) in [6.45, 7) is 9.58. The highest BCUT2D eigenvalue weighted by atomic mass is 16.4. The zero-order valence-corrected chi connectivity index (χ0v) is 9.78. The number of aliphatic imine (C=N–C) groups is 1. The molecule has 0 atom stereocenters. The van der Waals surface area contributed by atoms with E-state index < -0.39 is 5.76 Å². The molecule has 0 aliphatic carbocycles. The molecule has 0 fully saturated rings. The Balaban J connectivity index is 3.22. The standard InChI is InChI=1S/C12H16N2O2/c1-5-9(8(3)4)7-10-11(13-6-2)14-12(15)16-10/h5-8H,1H2,2-4H3,(H,14,15)/b9-7+,13-6?. The van der Waals surface area contributed by atoms with E-state index in [-0.39, 0.29) is 0 Å². The highest BCUT2D eigenvalue weighted by molar-refractivity contribution is 5.65. The third-order valence-corrected chi connectivity index (χ3v) is 2.11. The van der Waals surface area contributed by atoms with E-state index >= 15 is 0 Å². The average Bonchev–Trinajstić information content (AvgIpc) is 2.55. The van der Waals surface area contributed by atoms with Gasteiger partial charge in [-0.25, -0.2) is 9.79 Å². The minimum absolute atomic E-state index is 0.316. The molecule has 0 aliphatic heterocycles. The van der Waals surface area contributed by atoms with Crippen molar-refractivity contribution < 1.29 is 4.42 Å². The molecular weight excluding hydrogens is 204 g/mol. The Hall–Kier alpha value is -1.84. The van der Waals surface area contributed by atoms with Crippen LogP contribution < -0.4 is 5.76 Å². The first-order valence-electron chi connectivity index (χ1n) is 5.14. The Morgan fingerprint density at radius 2 is 2.25 bits per heavy atom. The number of hydrogen-bond acceptors (Lipinski definition) is 3. The molecule has 0 saturated carbocycles. The lowest BCUT2D eigenvalue weighted by atomic mass is 10.0. The van der Waals surface area contributed by atoms with Crippen LogP contribution in [0.2, 0.25) is 0 Å². The van der Waals surface area contributed by atoms with Gasteiger partial charge in [0.15, 0.2) is 11.6 Å². The molecule has 1 heterocycles. The Bertz CT molecular complexity index is 475. The van der Waals surface area contributed by atoms with Crippen molar-refractivity contribution in [1.29, 1.82) is 0 Å². The first kappa shape index (κ1) is 12.2. The summed E-state index contributed by atoms with van der Waals surface area (Å²) >= 11 is 0. The van der Waals surface area contributed by atoms with Gasteiger partial charge in [0, 0.05) is 6.21 Å². The van der Waals surface area contributed by atoms with Crippen molar-refractivity contribution in [2.24, 2.45) is 10.9 Å². The van der Waals surface area contributed by atoms with Gasteiger partial charge in [0.1, 0.15) is 0 Å². The summed E-state index contributed by atoms with van der Waals surface area (Å²) in [5, 5.41) is 0. The van der Waals surface area contributed by atoms with Crippen molar-refractivity contribution in [3.63, 3.8) is 0 Å². The predicted molar refractivity (Wildman–Crippen MR) is 66.2 cm³/mol. The summed E-state index contributed by atoms with van der Waals surface area (Å²) in [7, 11) is 0. The van der Waals surface area contributed by atoms with Crippen LogP contribution in [-0.4, -0.2) is 11.2 Å². The van der Waals surface area contributed by atoms with E-state index in [1.165, 1.54) is 0 Å². The van der Waals surface area contributed by atoms with Crippen LogP contribution in [0, 0.1) is 5.92 Å². The van der Waals surface area contributed by atoms with Crippen molar-refractivity contribution in [3.8, 4) is 0 Å². The topological polar surface area (TPSA) is 58.4 Å². The van der Waals surface area contributed by atoms with Crippen LogP contribution in [0.5, 0.6) is 0 Å². The van der Waals surface area contributed by atoms with E-state index in [2.05, 4.69) is 16.6 Å². The SMILES string of the molecule is C=C/C(=C\c1oc(=O)[nH]c1N=CC)C(C)C. The number of nitrogens with one attached hydrogen (secondary N) is 1. The van der Waals surface area contributed by atoms with Crippen LogP contribution in [0.15, 0.2) is 32.4 Å². The molecule has 0 unspecified atom stereocenters. The van der Waals surface area contributed by atoms with Crippen molar-refractivity contribution in [2.75, 3.05) is 0 Å². The molecule has 4 nitrogen and oxygen atoms in total. The maximum absolute atomic E-state index is 11.1. The van der Waals surface area contributed by atoms with E-state index in [4.69, 9.17) is 4.42 Å². The molecule has 0 aromatic carbocycles. The third-order valence-electron chi connectivity index (χ3n) is 2.11. The van der Waals surface area contributed by atoms with E-state index in [0.29, 0.717) is 17.5 Å². The van der Waals surface area contributed by atoms with Crippen molar-refractivity contribution in [1.82, 2.24) is 4.98 Å². The van der Waals surface area contributed by atoms with Crippen LogP contribution in [0.1, 0.15) is 26.5 Å². The largest absolute Gasteiger partial charge is 0.418 e. The predicted octanol–water partition coefficient (Wildman–Crippen LogP) is 2.92. The lowest BCUT2D eigenvalue weighted by Gasteiger charge is -2.04. The van der Waals surface area contributed by atoms with Crippen LogP contribution in [0.25, 0.3) is 6.08 Å². The fraction of sp³-hybridized carbons (Fsp3) is 0.333. The summed E-state index contributed by atoms with van der Waals surface area (Å²) in [6.07, 6.45) is 5.12. The van der Waals surface area contributed by atoms with Crippen molar-refractivity contribution in [2.45, 2.75) is 20.8 Å². The molecular formula is C12H16N2O2. The Labute approximate surface area is 94.4 Å². The van der Waals surface area contributed by atoms with Gasteiger partial charge in [-0.05, 0) is 24.5 Å². The quantitative estimate of drug-likeness (QED) is 0.626. The molecule has 16 heavy (non-hydrogen) atoms. The lowest BCUT2D eigenvalue weighted by Crippen LogP contribution is -1.93. The maximum Gasteiger partial charge on any atom is 0.418 e. The molecule has 4 heteroatoms. The second-order valence-corrected chi connectivity index (χ2v) is 3.62. The average molecular weight is 220 g/mol. The summed E-state index contributed by atoms with van der Waals surface area (Å²) in [5.41, 5.74) is 0.996. The van der Waals surface area contributed by atoms with E-state index in [1.54, 1.807) is 25.3 Å². The van der Waals surface area contributed by atoms with E-state index in [0.717, 1.165) is 5.57 Å². The fourth-order valence-corrected chi connectivity index (χ4v) is 1.27. The normalized spacial score (nSPS) is 12.6. The summed E-state index contributed by atoms with van der Waals surface area (Å²) in [4.78, 5) is 17.6. The Morgan fingerprint density at radius 3 is 2.75 bits per heavy atom. The molecule has 0 saturated heterocycles. The van der Waals surface area contributed by atoms with Gasteiger partial charge in [-0.1, -0.05) is 26.5 Å². The number of aromatic nitrogens is 1. The zero-order valence-electron chi connectivity index (χ0n) is 9.78. The monoisotopic (exact) mass is 220 g/mol. The first-order chi connectivity index (χ1) is 7.58. The summed E-state index contributed by atoms with van der Waals surface area (Å²) in [6, 6.07) is 0. The zero-order chi connectivity index (χ0) is 12.1. The van der Waals surface area contributed by atoms with Crippen LogP contribution >= 0.6 is 0 Å². The molecule has 1 aromatic rings. The number of hydrogen-bond donors (Lipinski definition) is 1. The van der Waals surface area contributed by atoms with Crippen molar-refractivity contribution >= 4 is 18.1 Å². The number of allylic oxidation sites excluding steroid dienone is 2. The van der Waals surface area contributed by atoms with Gasteiger partial charge in [0.2, 0.25) is 0 Å². The number of nitrogens with zero attached hydrogens (tertiary/aromatic N) is 1. The minimum atomic E-state index is -0.501. The second-order valence-electron chi connectivity index (χ2n) is 3.62. The lowest BCUT2D eigenvalue weighted by molar-refractivity contribution is 0.506. The van der Waals surface area contributed by atoms with E-state index in [9.17, 15) is 4.79 Å². The number of oxazole rings is 1. The number of H-pyrrole nitrogens is 1. The number of aromatic amines is 1. The second kappa shape index (κ2) is 5.30. The maximum atomic E-state index is 11.1. The van der Waals surface area contributed by atoms with Gasteiger partial charge in [-0.2, -0.15) is 0 Å². The molecule has 0 amide bonds. The molecule has 1 N–H and O–H groups in total. The molecule has 0 bridgehead atoms. The minimum Gasteiger partial charge on any atom is -0.406 e. The van der Waals surface area contributed by atoms with Gasteiger partial charge < -0.3 is 4.42 Å². The summed E-state index contributed by atoms with van der Waals surface area (Å²) < 4.78 is 5.00. The fourth-order valence-electron chi connectivity index (χ4n) is 1.27.